The van der Waals surface area contributed by atoms with E-state index in [-0.39, 0.29) is 21.4 Å². The molecule has 1 aliphatic heterocycles. The SMILES string of the molecule is NS(=O)(=O)c1ccc(C(=O)N2CCN(c3ncnc4[nH]ccc34)CC23CC3)cc1Cl. The van der Waals surface area contributed by atoms with Crippen molar-refractivity contribution in [3.63, 3.8) is 0 Å². The molecule has 3 heterocycles. The number of nitrogens with two attached hydrogens (primary N) is 1. The minimum atomic E-state index is -3.94. The average Bonchev–Trinajstić information content (AvgIpc) is 3.28. The first kappa shape index (κ1) is 19.3. The maximum Gasteiger partial charge on any atom is 0.254 e. The van der Waals surface area contributed by atoms with Gasteiger partial charge < -0.3 is 14.8 Å². The summed E-state index contributed by atoms with van der Waals surface area (Å²) in [6, 6.07) is 6.07. The molecule has 1 spiro atoms. The fraction of sp³-hybridized carbons (Fsp3) is 0.316. The lowest BCUT2D eigenvalue weighted by Crippen LogP contribution is -2.57. The molecule has 1 aliphatic carbocycles. The van der Waals surface area contributed by atoms with Gasteiger partial charge >= 0.3 is 0 Å². The first-order valence-electron chi connectivity index (χ1n) is 9.46. The highest BCUT2D eigenvalue weighted by Crippen LogP contribution is 2.46. The number of fused-ring (bicyclic) bond motifs is 1. The van der Waals surface area contributed by atoms with Crippen LogP contribution in [0.25, 0.3) is 11.0 Å². The number of anilines is 1. The number of hydrogen-bond donors (Lipinski definition) is 2. The molecule has 30 heavy (non-hydrogen) atoms. The van der Waals surface area contributed by atoms with Gasteiger partial charge in [0.05, 0.1) is 15.9 Å². The number of aromatic nitrogens is 3. The third kappa shape index (κ3) is 3.11. The van der Waals surface area contributed by atoms with Crippen molar-refractivity contribution < 1.29 is 13.2 Å². The van der Waals surface area contributed by atoms with Gasteiger partial charge in [0, 0.05) is 31.4 Å². The number of primary sulfonamides is 1. The van der Waals surface area contributed by atoms with Gasteiger partial charge in [-0.15, -0.1) is 0 Å². The van der Waals surface area contributed by atoms with Crippen LogP contribution in [0.2, 0.25) is 5.02 Å². The molecule has 3 aromatic rings. The van der Waals surface area contributed by atoms with Crippen molar-refractivity contribution in [1.29, 1.82) is 0 Å². The van der Waals surface area contributed by atoms with Crippen LogP contribution < -0.4 is 10.0 Å². The van der Waals surface area contributed by atoms with Crippen molar-refractivity contribution in [1.82, 2.24) is 19.9 Å². The summed E-state index contributed by atoms with van der Waals surface area (Å²) >= 11 is 6.08. The summed E-state index contributed by atoms with van der Waals surface area (Å²) in [5.74, 6) is 0.699. The van der Waals surface area contributed by atoms with Gasteiger partial charge in [-0.25, -0.2) is 23.5 Å². The molecule has 0 radical (unpaired) electrons. The maximum atomic E-state index is 13.2. The zero-order chi connectivity index (χ0) is 21.1. The number of amides is 1. The molecule has 3 N–H and O–H groups in total. The first-order valence-corrected chi connectivity index (χ1v) is 11.4. The molecule has 1 saturated carbocycles. The summed E-state index contributed by atoms with van der Waals surface area (Å²) in [6.45, 7) is 1.84. The van der Waals surface area contributed by atoms with Gasteiger partial charge in [0.25, 0.3) is 5.91 Å². The van der Waals surface area contributed by atoms with Gasteiger partial charge in [0.2, 0.25) is 10.0 Å². The van der Waals surface area contributed by atoms with E-state index in [0.29, 0.717) is 25.2 Å². The Morgan fingerprint density at radius 3 is 2.70 bits per heavy atom. The van der Waals surface area contributed by atoms with E-state index in [1.54, 1.807) is 6.33 Å². The Balaban J connectivity index is 1.41. The van der Waals surface area contributed by atoms with Crippen molar-refractivity contribution in [2.75, 3.05) is 24.5 Å². The van der Waals surface area contributed by atoms with Gasteiger partial charge in [0.15, 0.2) is 0 Å². The van der Waals surface area contributed by atoms with Crippen molar-refractivity contribution in [2.45, 2.75) is 23.3 Å². The zero-order valence-corrected chi connectivity index (χ0v) is 17.4. The van der Waals surface area contributed by atoms with Crippen LogP contribution in [-0.2, 0) is 10.0 Å². The van der Waals surface area contributed by atoms with Gasteiger partial charge in [-0.1, -0.05) is 11.6 Å². The Morgan fingerprint density at radius 2 is 2.00 bits per heavy atom. The third-order valence-corrected chi connectivity index (χ3v) is 7.24. The van der Waals surface area contributed by atoms with Gasteiger partial charge in [0.1, 0.15) is 22.7 Å². The second-order valence-corrected chi connectivity index (χ2v) is 9.67. The summed E-state index contributed by atoms with van der Waals surface area (Å²) in [4.78, 5) is 28.9. The lowest BCUT2D eigenvalue weighted by atomic mass is 10.1. The Morgan fingerprint density at radius 1 is 1.20 bits per heavy atom. The standard InChI is InChI=1S/C19H19ClN6O3S/c20-14-9-12(1-2-15(14)30(21,28)29)18(27)26-8-7-25(10-19(26)4-5-19)17-13-3-6-22-16(13)23-11-24-17/h1-3,6,9,11H,4-5,7-8,10H2,(H2,21,28,29)(H,22,23,24). The molecule has 2 aromatic heterocycles. The summed E-state index contributed by atoms with van der Waals surface area (Å²) in [5.41, 5.74) is 0.878. The van der Waals surface area contributed by atoms with Crippen molar-refractivity contribution in [2.24, 2.45) is 5.14 Å². The predicted molar refractivity (Wildman–Crippen MR) is 112 cm³/mol. The Hall–Kier alpha value is -2.69. The zero-order valence-electron chi connectivity index (χ0n) is 15.9. The average molecular weight is 447 g/mol. The smallest absolute Gasteiger partial charge is 0.254 e. The van der Waals surface area contributed by atoms with Gasteiger partial charge in [-0.3, -0.25) is 4.79 Å². The lowest BCUT2D eigenvalue weighted by molar-refractivity contribution is 0.0624. The molecule has 2 aliphatic rings. The highest BCUT2D eigenvalue weighted by Gasteiger charge is 2.53. The first-order chi connectivity index (χ1) is 14.3. The van der Waals surface area contributed by atoms with Gasteiger partial charge in [-0.05, 0) is 37.1 Å². The maximum absolute atomic E-state index is 13.2. The normalized spacial score (nSPS) is 18.2. The Bertz CT molecular complexity index is 1270. The number of nitrogens with zero attached hydrogens (tertiary/aromatic N) is 4. The Labute approximate surface area is 177 Å². The molecule has 2 fully saturated rings. The van der Waals surface area contributed by atoms with E-state index in [9.17, 15) is 13.2 Å². The summed E-state index contributed by atoms with van der Waals surface area (Å²) in [6.07, 6.45) is 5.18. The number of hydrogen-bond acceptors (Lipinski definition) is 6. The number of aromatic amines is 1. The molecule has 156 valence electrons. The molecule has 1 aromatic carbocycles. The fourth-order valence-corrected chi connectivity index (χ4v) is 5.27. The van der Waals surface area contributed by atoms with Crippen LogP contribution >= 0.6 is 11.6 Å². The summed E-state index contributed by atoms with van der Waals surface area (Å²) in [7, 11) is -3.94. The van der Waals surface area contributed by atoms with E-state index in [1.807, 2.05) is 17.2 Å². The summed E-state index contributed by atoms with van der Waals surface area (Å²) in [5, 5.41) is 6.06. The fourth-order valence-electron chi connectivity index (χ4n) is 4.18. The molecule has 9 nitrogen and oxygen atoms in total. The molecule has 0 atom stereocenters. The number of halogens is 1. The van der Waals surface area contributed by atoms with Crippen molar-refractivity contribution in [3.8, 4) is 0 Å². The van der Waals surface area contributed by atoms with Crippen LogP contribution in [0, 0.1) is 0 Å². The van der Waals surface area contributed by atoms with Crippen LogP contribution in [0.1, 0.15) is 23.2 Å². The topological polar surface area (TPSA) is 125 Å². The number of carbonyl (C=O) groups excluding carboxylic acids is 1. The predicted octanol–water partition coefficient (Wildman–Crippen LogP) is 1.75. The molecule has 11 heteroatoms. The Kier molecular flexibility index (Phi) is 4.28. The van der Waals surface area contributed by atoms with E-state index in [2.05, 4.69) is 19.9 Å². The van der Waals surface area contributed by atoms with Crippen LogP contribution in [0.5, 0.6) is 0 Å². The molecular weight excluding hydrogens is 428 g/mol. The molecule has 5 rings (SSSR count). The van der Waals surface area contributed by atoms with Crippen molar-refractivity contribution in [3.05, 3.63) is 47.4 Å². The van der Waals surface area contributed by atoms with E-state index < -0.39 is 10.0 Å². The molecule has 1 saturated heterocycles. The minimum absolute atomic E-state index is 0.0531. The number of carbonyl (C=O) groups is 1. The number of benzene rings is 1. The monoisotopic (exact) mass is 446 g/mol. The number of sulfonamides is 1. The quantitative estimate of drug-likeness (QED) is 0.631. The van der Waals surface area contributed by atoms with E-state index in [4.69, 9.17) is 16.7 Å². The van der Waals surface area contributed by atoms with E-state index in [0.717, 1.165) is 29.7 Å². The van der Waals surface area contributed by atoms with E-state index in [1.165, 1.54) is 18.2 Å². The minimum Gasteiger partial charge on any atom is -0.352 e. The van der Waals surface area contributed by atoms with Crippen LogP contribution in [0.3, 0.4) is 0 Å². The number of rotatable bonds is 3. The highest BCUT2D eigenvalue weighted by molar-refractivity contribution is 7.89. The number of H-pyrrole nitrogens is 1. The highest BCUT2D eigenvalue weighted by atomic mass is 35.5. The summed E-state index contributed by atoms with van der Waals surface area (Å²) < 4.78 is 23.1. The molecular formula is C19H19ClN6O3S. The molecule has 0 unspecified atom stereocenters. The van der Waals surface area contributed by atoms with Gasteiger partial charge in [-0.2, -0.15) is 0 Å². The lowest BCUT2D eigenvalue weighted by Gasteiger charge is -2.43. The largest absolute Gasteiger partial charge is 0.352 e. The van der Waals surface area contributed by atoms with E-state index >= 15 is 0 Å². The van der Waals surface area contributed by atoms with Crippen LogP contribution in [0.4, 0.5) is 5.82 Å². The molecule has 0 bridgehead atoms. The molecule has 1 amide bonds. The van der Waals surface area contributed by atoms with Crippen LogP contribution in [-0.4, -0.2) is 59.4 Å². The second-order valence-electron chi connectivity index (χ2n) is 7.73. The van der Waals surface area contributed by atoms with Crippen LogP contribution in [0.15, 0.2) is 41.7 Å². The van der Waals surface area contributed by atoms with Crippen molar-refractivity contribution >= 4 is 44.4 Å². The second kappa shape index (κ2) is 6.66. The number of piperazine rings is 1. The number of nitrogens with one attached hydrogen (secondary N) is 1. The third-order valence-electron chi connectivity index (χ3n) is 5.84.